The van der Waals surface area contributed by atoms with Crippen LogP contribution in [0.1, 0.15) is 24.0 Å². The molecule has 0 aliphatic rings. The second kappa shape index (κ2) is 13.2. The maximum absolute atomic E-state index is 9.07. The summed E-state index contributed by atoms with van der Waals surface area (Å²) in [6, 6.07) is 16.5. The number of hydrogen-bond donors (Lipinski definition) is 2. The second-order valence-electron chi connectivity index (χ2n) is 6.78. The highest BCUT2D eigenvalue weighted by atomic mass is 16.5. The van der Waals surface area contributed by atoms with Crippen molar-refractivity contribution >= 4 is 0 Å². The molecule has 0 heterocycles. The molecule has 2 N–H and O–H groups in total. The van der Waals surface area contributed by atoms with Gasteiger partial charge in [-0.2, -0.15) is 0 Å². The van der Waals surface area contributed by atoms with Gasteiger partial charge in [0.05, 0.1) is 26.9 Å². The monoisotopic (exact) mass is 387 g/mol. The van der Waals surface area contributed by atoms with Crippen LogP contribution in [0.15, 0.2) is 48.5 Å². The van der Waals surface area contributed by atoms with Crippen LogP contribution in [0.2, 0.25) is 0 Å². The van der Waals surface area contributed by atoms with Crippen LogP contribution in [-0.2, 0) is 12.8 Å². The third-order valence-electron chi connectivity index (χ3n) is 4.75. The van der Waals surface area contributed by atoms with Crippen LogP contribution in [0.3, 0.4) is 0 Å². The highest BCUT2D eigenvalue weighted by molar-refractivity contribution is 5.47. The Hall–Kier alpha value is -2.08. The van der Waals surface area contributed by atoms with Crippen LogP contribution in [-0.4, -0.2) is 61.7 Å². The van der Waals surface area contributed by atoms with Gasteiger partial charge < -0.3 is 19.7 Å². The zero-order chi connectivity index (χ0) is 20.0. The van der Waals surface area contributed by atoms with Crippen molar-refractivity contribution < 1.29 is 19.7 Å². The summed E-state index contributed by atoms with van der Waals surface area (Å²) < 4.78 is 11.6. The highest BCUT2D eigenvalue weighted by Crippen LogP contribution is 2.32. The summed E-state index contributed by atoms with van der Waals surface area (Å²) in [6.07, 6.45) is 3.72. The van der Waals surface area contributed by atoms with Crippen molar-refractivity contribution in [1.82, 2.24) is 4.90 Å². The van der Waals surface area contributed by atoms with Gasteiger partial charge in [0, 0.05) is 13.1 Å². The zero-order valence-electron chi connectivity index (χ0n) is 16.8. The average Bonchev–Trinajstić information content (AvgIpc) is 2.73. The molecule has 0 unspecified atom stereocenters. The van der Waals surface area contributed by atoms with Crippen molar-refractivity contribution in [2.45, 2.75) is 25.7 Å². The van der Waals surface area contributed by atoms with E-state index < -0.39 is 0 Å². The first-order valence-corrected chi connectivity index (χ1v) is 10.0. The van der Waals surface area contributed by atoms with E-state index in [1.165, 1.54) is 5.56 Å². The van der Waals surface area contributed by atoms with Crippen LogP contribution in [0.4, 0.5) is 0 Å². The van der Waals surface area contributed by atoms with Gasteiger partial charge in [0.1, 0.15) is 0 Å². The number of benzene rings is 2. The van der Waals surface area contributed by atoms with Crippen LogP contribution < -0.4 is 9.47 Å². The number of rotatable bonds is 14. The van der Waals surface area contributed by atoms with Crippen LogP contribution in [0.5, 0.6) is 11.5 Å². The van der Waals surface area contributed by atoms with Crippen LogP contribution in [0, 0.1) is 0 Å². The minimum atomic E-state index is 0.114. The summed E-state index contributed by atoms with van der Waals surface area (Å²) in [6.45, 7) is 2.88. The van der Waals surface area contributed by atoms with Crippen molar-refractivity contribution in [3.05, 3.63) is 59.7 Å². The van der Waals surface area contributed by atoms with Gasteiger partial charge >= 0.3 is 0 Å². The Morgan fingerprint density at radius 2 is 1.57 bits per heavy atom. The lowest BCUT2D eigenvalue weighted by Gasteiger charge is -2.20. The molecular weight excluding hydrogens is 354 g/mol. The summed E-state index contributed by atoms with van der Waals surface area (Å²) in [5.41, 5.74) is 2.47. The van der Waals surface area contributed by atoms with Crippen molar-refractivity contribution in [1.29, 1.82) is 0 Å². The largest absolute Gasteiger partial charge is 0.493 e. The van der Waals surface area contributed by atoms with Crippen molar-refractivity contribution in [3.63, 3.8) is 0 Å². The number of methoxy groups -OCH3 is 1. The molecular formula is C23H33NO4. The number of ether oxygens (including phenoxy) is 2. The van der Waals surface area contributed by atoms with Gasteiger partial charge in [-0.25, -0.2) is 0 Å². The van der Waals surface area contributed by atoms with Crippen molar-refractivity contribution in [2.24, 2.45) is 0 Å². The molecule has 0 spiro atoms. The third-order valence-corrected chi connectivity index (χ3v) is 4.75. The van der Waals surface area contributed by atoms with E-state index in [1.54, 1.807) is 7.11 Å². The first kappa shape index (κ1) is 22.2. The molecule has 0 fully saturated rings. The molecule has 5 heteroatoms. The Kier molecular flexibility index (Phi) is 10.4. The molecule has 0 bridgehead atoms. The molecule has 0 aliphatic carbocycles. The van der Waals surface area contributed by atoms with E-state index in [4.69, 9.17) is 19.7 Å². The van der Waals surface area contributed by atoms with Gasteiger partial charge in [-0.3, -0.25) is 4.90 Å². The topological polar surface area (TPSA) is 62.2 Å². The number of aliphatic hydroxyl groups is 2. The number of unbranched alkanes of at least 4 members (excludes halogenated alkanes) is 1. The summed E-state index contributed by atoms with van der Waals surface area (Å²) in [4.78, 5) is 2.06. The number of hydrogen-bond acceptors (Lipinski definition) is 5. The lowest BCUT2D eigenvalue weighted by Crippen LogP contribution is -2.31. The molecule has 0 saturated heterocycles. The normalized spacial score (nSPS) is 11.0. The smallest absolute Gasteiger partial charge is 0.164 e. The van der Waals surface area contributed by atoms with Gasteiger partial charge in [0.15, 0.2) is 11.5 Å². The zero-order valence-corrected chi connectivity index (χ0v) is 16.8. The summed E-state index contributed by atoms with van der Waals surface area (Å²) in [5.74, 6) is 1.61. The van der Waals surface area contributed by atoms with Gasteiger partial charge in [-0.05, 0) is 49.4 Å². The number of aryl methyl sites for hydroxylation is 2. The molecule has 2 rings (SSSR count). The Balaban J connectivity index is 1.87. The van der Waals surface area contributed by atoms with Crippen LogP contribution in [0.25, 0.3) is 0 Å². The van der Waals surface area contributed by atoms with E-state index in [0.29, 0.717) is 19.7 Å². The minimum absolute atomic E-state index is 0.114. The van der Waals surface area contributed by atoms with Gasteiger partial charge in [0.2, 0.25) is 0 Å². The lowest BCUT2D eigenvalue weighted by atomic mass is 10.0. The average molecular weight is 388 g/mol. The number of para-hydroxylation sites is 1. The SMILES string of the molecule is COc1cccc(CCc2ccccc2)c1OCCCCN(CCO)CCO. The van der Waals surface area contributed by atoms with Gasteiger partial charge in [-0.15, -0.1) is 0 Å². The molecule has 0 aromatic heterocycles. The first-order valence-electron chi connectivity index (χ1n) is 10.0. The molecule has 0 saturated carbocycles. The maximum Gasteiger partial charge on any atom is 0.164 e. The van der Waals surface area contributed by atoms with E-state index in [0.717, 1.165) is 49.3 Å². The van der Waals surface area contributed by atoms with Gasteiger partial charge in [-0.1, -0.05) is 42.5 Å². The summed E-state index contributed by atoms with van der Waals surface area (Å²) in [7, 11) is 1.67. The molecule has 0 atom stereocenters. The minimum Gasteiger partial charge on any atom is -0.493 e. The Morgan fingerprint density at radius 1 is 0.821 bits per heavy atom. The van der Waals surface area contributed by atoms with E-state index in [1.807, 2.05) is 18.2 Å². The van der Waals surface area contributed by atoms with E-state index in [2.05, 4.69) is 35.2 Å². The second-order valence-corrected chi connectivity index (χ2v) is 6.78. The quantitative estimate of drug-likeness (QED) is 0.488. The van der Waals surface area contributed by atoms with E-state index in [9.17, 15) is 0 Å². The first-order chi connectivity index (χ1) is 13.8. The Labute approximate surface area is 168 Å². The molecule has 2 aromatic rings. The van der Waals surface area contributed by atoms with Crippen molar-refractivity contribution in [2.75, 3.05) is 46.6 Å². The third kappa shape index (κ3) is 7.50. The standard InChI is InChI=1S/C23H33NO4/c1-27-22-11-7-10-21(13-12-20-8-3-2-4-9-20)23(22)28-19-6-5-14-24(15-17-25)16-18-26/h2-4,7-11,25-26H,5-6,12-19H2,1H3. The number of nitrogens with zero attached hydrogens (tertiary/aromatic N) is 1. The summed E-state index contributed by atoms with van der Waals surface area (Å²) in [5, 5.41) is 18.1. The van der Waals surface area contributed by atoms with Gasteiger partial charge in [0.25, 0.3) is 0 Å². The molecule has 0 radical (unpaired) electrons. The fourth-order valence-electron chi connectivity index (χ4n) is 3.24. The predicted molar refractivity (Wildman–Crippen MR) is 112 cm³/mol. The van der Waals surface area contributed by atoms with Crippen LogP contribution >= 0.6 is 0 Å². The molecule has 0 amide bonds. The molecule has 5 nitrogen and oxygen atoms in total. The van der Waals surface area contributed by atoms with Crippen molar-refractivity contribution in [3.8, 4) is 11.5 Å². The Morgan fingerprint density at radius 3 is 2.25 bits per heavy atom. The van der Waals surface area contributed by atoms with E-state index >= 15 is 0 Å². The fraction of sp³-hybridized carbons (Fsp3) is 0.478. The number of aliphatic hydroxyl groups excluding tert-OH is 2. The van der Waals surface area contributed by atoms with E-state index in [-0.39, 0.29) is 13.2 Å². The Bertz CT molecular complexity index is 657. The fourth-order valence-corrected chi connectivity index (χ4v) is 3.24. The predicted octanol–water partition coefficient (Wildman–Crippen LogP) is 2.93. The molecule has 28 heavy (non-hydrogen) atoms. The molecule has 2 aromatic carbocycles. The maximum atomic E-state index is 9.07. The molecule has 0 aliphatic heterocycles. The highest BCUT2D eigenvalue weighted by Gasteiger charge is 2.11. The summed E-state index contributed by atoms with van der Waals surface area (Å²) >= 11 is 0. The lowest BCUT2D eigenvalue weighted by molar-refractivity contribution is 0.157. The molecule has 154 valence electrons.